The minimum Gasteiger partial charge on any atom is -0.190 e. The summed E-state index contributed by atoms with van der Waals surface area (Å²) in [6.45, 7) is 0. The molecule has 0 aromatic heterocycles. The smallest absolute Gasteiger partial charge is 0.0770 e. The van der Waals surface area contributed by atoms with Crippen LogP contribution in [0, 0.1) is 11.8 Å². The molecule has 0 aromatic rings. The van der Waals surface area contributed by atoms with E-state index in [4.69, 9.17) is 10.2 Å². The van der Waals surface area contributed by atoms with Crippen molar-refractivity contribution in [1.29, 1.82) is 0 Å². The maximum absolute atomic E-state index is 4.98. The first-order chi connectivity index (χ1) is 11.9. The highest BCUT2D eigenvalue weighted by Crippen LogP contribution is 2.33. The van der Waals surface area contributed by atoms with Crippen LogP contribution >= 0.6 is 0 Å². The molecule has 134 valence electrons. The highest BCUT2D eigenvalue weighted by Gasteiger charge is 2.25. The van der Waals surface area contributed by atoms with Crippen molar-refractivity contribution >= 4 is 0 Å². The molecule has 2 unspecified atom stereocenters. The number of hydrogen-bond donors (Lipinski definition) is 0. The zero-order chi connectivity index (χ0) is 16.5. The lowest BCUT2D eigenvalue weighted by Crippen LogP contribution is -2.24. The van der Waals surface area contributed by atoms with Crippen LogP contribution in [0.1, 0.15) is 89.9 Å². The molecule has 3 aliphatic rings. The predicted molar refractivity (Wildman–Crippen MR) is 102 cm³/mol. The quantitative estimate of drug-likeness (QED) is 0.486. The van der Waals surface area contributed by atoms with Crippen molar-refractivity contribution < 1.29 is 0 Å². The molecule has 0 N–H and O–H groups in total. The van der Waals surface area contributed by atoms with Gasteiger partial charge in [0.15, 0.2) is 0 Å². The maximum atomic E-state index is 4.98. The summed E-state index contributed by atoms with van der Waals surface area (Å²) in [4.78, 5) is 0. The monoisotopic (exact) mass is 328 g/mol. The fourth-order valence-electron chi connectivity index (χ4n) is 4.78. The topological polar surface area (TPSA) is 24.7 Å². The first-order valence-corrected chi connectivity index (χ1v) is 10.6. The largest absolute Gasteiger partial charge is 0.190 e. The second kappa shape index (κ2) is 10.2. The minimum atomic E-state index is 0.441. The van der Waals surface area contributed by atoms with Crippen LogP contribution in [0.25, 0.3) is 0 Å². The van der Waals surface area contributed by atoms with E-state index in [0.717, 1.165) is 24.7 Å². The maximum Gasteiger partial charge on any atom is 0.0770 e. The van der Waals surface area contributed by atoms with Gasteiger partial charge in [-0.25, -0.2) is 0 Å². The summed E-state index contributed by atoms with van der Waals surface area (Å²) in [7, 11) is 0. The van der Waals surface area contributed by atoms with Crippen molar-refractivity contribution in [2.45, 2.75) is 102 Å². The number of nitrogens with zero attached hydrogens (tertiary/aromatic N) is 2. The van der Waals surface area contributed by atoms with Crippen LogP contribution in [0.15, 0.2) is 34.5 Å². The Hall–Kier alpha value is -0.920. The van der Waals surface area contributed by atoms with E-state index in [2.05, 4.69) is 24.3 Å². The average molecular weight is 329 g/mol. The van der Waals surface area contributed by atoms with Crippen molar-refractivity contribution in [3.05, 3.63) is 24.3 Å². The second-order valence-corrected chi connectivity index (χ2v) is 8.15. The number of rotatable bonds is 2. The van der Waals surface area contributed by atoms with Gasteiger partial charge in [-0.3, -0.25) is 0 Å². The summed E-state index contributed by atoms with van der Waals surface area (Å²) in [5.74, 6) is 1.55. The van der Waals surface area contributed by atoms with E-state index in [0.29, 0.717) is 12.1 Å². The van der Waals surface area contributed by atoms with Gasteiger partial charge in [0.05, 0.1) is 12.1 Å². The SMILES string of the molecule is C1=CCC(C2CCCCC2)N=NC(C2CCCCC2)C/C=C/CC1. The van der Waals surface area contributed by atoms with Crippen molar-refractivity contribution in [2.24, 2.45) is 22.1 Å². The average Bonchev–Trinajstić information content (AvgIpc) is 2.64. The summed E-state index contributed by atoms with van der Waals surface area (Å²) in [6, 6.07) is 0.882. The van der Waals surface area contributed by atoms with E-state index in [1.54, 1.807) is 0 Å². The number of hydrogen-bond acceptors (Lipinski definition) is 2. The predicted octanol–water partition coefficient (Wildman–Crippen LogP) is 7.02. The third-order valence-corrected chi connectivity index (χ3v) is 6.34. The molecule has 2 aliphatic carbocycles. The van der Waals surface area contributed by atoms with Gasteiger partial charge in [0, 0.05) is 0 Å². The summed E-state index contributed by atoms with van der Waals surface area (Å²) >= 11 is 0. The highest BCUT2D eigenvalue weighted by molar-refractivity contribution is 4.95. The number of allylic oxidation sites excluding steroid dienone is 2. The normalized spacial score (nSPS) is 32.8. The van der Waals surface area contributed by atoms with Gasteiger partial charge in [0.2, 0.25) is 0 Å². The van der Waals surface area contributed by atoms with Crippen LogP contribution in [0.4, 0.5) is 0 Å². The molecule has 0 saturated heterocycles. The van der Waals surface area contributed by atoms with E-state index in [-0.39, 0.29) is 0 Å². The Balaban J connectivity index is 1.71. The molecule has 1 aliphatic heterocycles. The molecule has 2 saturated carbocycles. The Morgan fingerprint density at radius 1 is 0.500 bits per heavy atom. The van der Waals surface area contributed by atoms with Gasteiger partial charge in [-0.15, -0.1) is 0 Å². The Bertz CT molecular complexity index is 385. The Morgan fingerprint density at radius 3 is 1.33 bits per heavy atom. The van der Waals surface area contributed by atoms with Crippen LogP contribution in [-0.2, 0) is 0 Å². The first-order valence-electron chi connectivity index (χ1n) is 10.6. The molecule has 1 heterocycles. The molecule has 3 rings (SSSR count). The molecule has 24 heavy (non-hydrogen) atoms. The number of azo groups is 1. The molecule has 2 atom stereocenters. The summed E-state index contributed by atoms with van der Waals surface area (Å²) in [5, 5.41) is 9.95. The van der Waals surface area contributed by atoms with Crippen molar-refractivity contribution in [3.63, 3.8) is 0 Å². The zero-order valence-corrected chi connectivity index (χ0v) is 15.4. The van der Waals surface area contributed by atoms with E-state index in [1.165, 1.54) is 77.0 Å². The molecule has 0 aromatic carbocycles. The van der Waals surface area contributed by atoms with E-state index in [9.17, 15) is 0 Å². The molecule has 0 amide bonds. The molecular weight excluding hydrogens is 292 g/mol. The van der Waals surface area contributed by atoms with Crippen LogP contribution in [-0.4, -0.2) is 12.1 Å². The van der Waals surface area contributed by atoms with E-state index >= 15 is 0 Å². The van der Waals surface area contributed by atoms with Gasteiger partial charge in [0.25, 0.3) is 0 Å². The minimum absolute atomic E-state index is 0.441. The fourth-order valence-corrected chi connectivity index (χ4v) is 4.78. The van der Waals surface area contributed by atoms with Crippen LogP contribution in [0.5, 0.6) is 0 Å². The van der Waals surface area contributed by atoms with Gasteiger partial charge in [-0.2, -0.15) is 10.2 Å². The van der Waals surface area contributed by atoms with Crippen molar-refractivity contribution in [1.82, 2.24) is 0 Å². The van der Waals surface area contributed by atoms with E-state index < -0.39 is 0 Å². The zero-order valence-electron chi connectivity index (χ0n) is 15.4. The van der Waals surface area contributed by atoms with Crippen molar-refractivity contribution in [3.8, 4) is 0 Å². The molecule has 0 spiro atoms. The second-order valence-electron chi connectivity index (χ2n) is 8.15. The summed E-state index contributed by atoms with van der Waals surface area (Å²) in [5.41, 5.74) is 0. The molecule has 0 radical (unpaired) electrons. The molecular formula is C22H36N2. The van der Waals surface area contributed by atoms with Gasteiger partial charge >= 0.3 is 0 Å². The van der Waals surface area contributed by atoms with Crippen LogP contribution in [0.2, 0.25) is 0 Å². The first kappa shape index (κ1) is 17.9. The lowest BCUT2D eigenvalue weighted by Gasteiger charge is -2.29. The van der Waals surface area contributed by atoms with Gasteiger partial charge in [-0.05, 0) is 63.2 Å². The lowest BCUT2D eigenvalue weighted by molar-refractivity contribution is 0.275. The summed E-state index contributed by atoms with van der Waals surface area (Å²) in [6.07, 6.45) is 27.9. The third kappa shape index (κ3) is 5.57. The van der Waals surface area contributed by atoms with E-state index in [1.807, 2.05) is 0 Å². The Labute approximate surface area is 148 Å². The van der Waals surface area contributed by atoms with Gasteiger partial charge < -0.3 is 0 Å². The standard InChI is InChI=1S/C22H36N2/c1-2-4-12-18-22(20-15-9-6-10-16-20)24-23-21(17-11-3-1)19-13-7-5-8-14-19/h3-4,11-12,19-22H,1-2,5-10,13-18H2/b11-3+,12-4?,24-23?. The molecule has 2 heteroatoms. The lowest BCUT2D eigenvalue weighted by atomic mass is 9.82. The van der Waals surface area contributed by atoms with Gasteiger partial charge in [-0.1, -0.05) is 62.8 Å². The highest BCUT2D eigenvalue weighted by atomic mass is 15.1. The van der Waals surface area contributed by atoms with Crippen molar-refractivity contribution in [2.75, 3.05) is 0 Å². The Kier molecular flexibility index (Phi) is 7.57. The summed E-state index contributed by atoms with van der Waals surface area (Å²) < 4.78 is 0. The van der Waals surface area contributed by atoms with Crippen LogP contribution < -0.4 is 0 Å². The van der Waals surface area contributed by atoms with Crippen LogP contribution in [0.3, 0.4) is 0 Å². The fraction of sp³-hybridized carbons (Fsp3) is 0.818. The molecule has 0 bridgehead atoms. The molecule has 2 nitrogen and oxygen atoms in total. The molecule has 2 fully saturated rings. The Morgan fingerprint density at radius 2 is 0.917 bits per heavy atom. The third-order valence-electron chi connectivity index (χ3n) is 6.34. The van der Waals surface area contributed by atoms with Gasteiger partial charge in [0.1, 0.15) is 0 Å².